The standard InChI is InChI=1S/C24H28FN5O/c1-18(8-15-30-12-3-11-27-30)29-13-9-22(10-14-29)28-24(31)20-6-7-23(26-17-20)19-4-2-5-21(25)16-19/h2-7,11-12,16-18,22H,8-10,13-15H2,1H3,(H,28,31). The molecule has 0 saturated carbocycles. The number of carbonyl (C=O) groups excluding carboxylic acids is 1. The Labute approximate surface area is 182 Å². The van der Waals surface area contributed by atoms with Crippen LogP contribution < -0.4 is 5.32 Å². The van der Waals surface area contributed by atoms with Crippen molar-refractivity contribution in [3.63, 3.8) is 0 Å². The third-order valence-electron chi connectivity index (χ3n) is 5.97. The molecule has 0 bridgehead atoms. The monoisotopic (exact) mass is 421 g/mol. The predicted molar refractivity (Wildman–Crippen MR) is 118 cm³/mol. The van der Waals surface area contributed by atoms with E-state index in [0.717, 1.165) is 38.9 Å². The second-order valence-corrected chi connectivity index (χ2v) is 8.13. The fourth-order valence-electron chi connectivity index (χ4n) is 4.03. The van der Waals surface area contributed by atoms with Gasteiger partial charge in [-0.1, -0.05) is 12.1 Å². The molecule has 3 aromatic rings. The van der Waals surface area contributed by atoms with Gasteiger partial charge in [-0.25, -0.2) is 4.39 Å². The molecule has 1 aromatic carbocycles. The van der Waals surface area contributed by atoms with Crippen molar-refractivity contribution >= 4 is 5.91 Å². The largest absolute Gasteiger partial charge is 0.349 e. The molecule has 1 saturated heterocycles. The summed E-state index contributed by atoms with van der Waals surface area (Å²) in [4.78, 5) is 19.5. The van der Waals surface area contributed by atoms with Crippen molar-refractivity contribution in [3.8, 4) is 11.3 Å². The van der Waals surface area contributed by atoms with Crippen LogP contribution in [0.1, 0.15) is 36.5 Å². The number of nitrogens with one attached hydrogen (secondary N) is 1. The number of halogens is 1. The van der Waals surface area contributed by atoms with Gasteiger partial charge in [0, 0.05) is 55.9 Å². The smallest absolute Gasteiger partial charge is 0.253 e. The van der Waals surface area contributed by atoms with E-state index in [1.54, 1.807) is 30.5 Å². The highest BCUT2D eigenvalue weighted by molar-refractivity contribution is 5.94. The van der Waals surface area contributed by atoms with Crippen LogP contribution in [0.25, 0.3) is 11.3 Å². The zero-order chi connectivity index (χ0) is 21.6. The Bertz CT molecular complexity index is 981. The molecule has 1 aliphatic heterocycles. The Kier molecular flexibility index (Phi) is 6.72. The summed E-state index contributed by atoms with van der Waals surface area (Å²) in [6.07, 6.45) is 8.29. The van der Waals surface area contributed by atoms with Crippen molar-refractivity contribution in [3.05, 3.63) is 72.4 Å². The lowest BCUT2D eigenvalue weighted by atomic mass is 10.0. The minimum Gasteiger partial charge on any atom is -0.349 e. The first-order valence-electron chi connectivity index (χ1n) is 10.8. The lowest BCUT2D eigenvalue weighted by molar-refractivity contribution is 0.0891. The number of aryl methyl sites for hydroxylation is 1. The van der Waals surface area contributed by atoms with Crippen molar-refractivity contribution < 1.29 is 9.18 Å². The van der Waals surface area contributed by atoms with E-state index in [-0.39, 0.29) is 17.8 Å². The van der Waals surface area contributed by atoms with Crippen molar-refractivity contribution in [1.82, 2.24) is 25.0 Å². The predicted octanol–water partition coefficient (Wildman–Crippen LogP) is 3.76. The quantitative estimate of drug-likeness (QED) is 0.631. The van der Waals surface area contributed by atoms with E-state index in [2.05, 4.69) is 27.2 Å². The maximum absolute atomic E-state index is 13.4. The van der Waals surface area contributed by atoms with Gasteiger partial charge in [0.1, 0.15) is 5.82 Å². The Morgan fingerprint density at radius 3 is 2.74 bits per heavy atom. The summed E-state index contributed by atoms with van der Waals surface area (Å²) in [6, 6.07) is 12.4. The summed E-state index contributed by atoms with van der Waals surface area (Å²) in [5.41, 5.74) is 1.87. The van der Waals surface area contributed by atoms with Gasteiger partial charge in [0.2, 0.25) is 0 Å². The van der Waals surface area contributed by atoms with Gasteiger partial charge in [-0.2, -0.15) is 5.10 Å². The number of hydrogen-bond donors (Lipinski definition) is 1. The van der Waals surface area contributed by atoms with Gasteiger partial charge in [0.25, 0.3) is 5.91 Å². The van der Waals surface area contributed by atoms with Crippen LogP contribution in [0.2, 0.25) is 0 Å². The number of rotatable bonds is 7. The summed E-state index contributed by atoms with van der Waals surface area (Å²) < 4.78 is 15.4. The van der Waals surface area contributed by atoms with Crippen LogP contribution in [0.5, 0.6) is 0 Å². The molecule has 0 aliphatic carbocycles. The molecule has 2 aromatic heterocycles. The summed E-state index contributed by atoms with van der Waals surface area (Å²) in [5.74, 6) is -0.411. The molecule has 1 N–H and O–H groups in total. The fraction of sp³-hybridized carbons (Fsp3) is 0.375. The van der Waals surface area contributed by atoms with E-state index in [9.17, 15) is 9.18 Å². The molecule has 7 heteroatoms. The first-order chi connectivity index (χ1) is 15.1. The van der Waals surface area contributed by atoms with Crippen LogP contribution in [0.3, 0.4) is 0 Å². The van der Waals surface area contributed by atoms with E-state index in [1.165, 1.54) is 12.1 Å². The molecule has 1 atom stereocenters. The number of carbonyl (C=O) groups is 1. The summed E-state index contributed by atoms with van der Waals surface area (Å²) in [7, 11) is 0. The maximum atomic E-state index is 13.4. The average Bonchev–Trinajstić information content (AvgIpc) is 3.32. The highest BCUT2D eigenvalue weighted by Gasteiger charge is 2.24. The van der Waals surface area contributed by atoms with Crippen LogP contribution in [-0.2, 0) is 6.54 Å². The number of nitrogens with zero attached hydrogens (tertiary/aromatic N) is 4. The van der Waals surface area contributed by atoms with Crippen molar-refractivity contribution in [1.29, 1.82) is 0 Å². The van der Waals surface area contributed by atoms with Crippen LogP contribution in [0, 0.1) is 5.82 Å². The minimum absolute atomic E-state index is 0.108. The highest BCUT2D eigenvalue weighted by Crippen LogP contribution is 2.19. The molecule has 1 amide bonds. The second kappa shape index (κ2) is 9.83. The summed E-state index contributed by atoms with van der Waals surface area (Å²) in [6.45, 7) is 5.13. The van der Waals surface area contributed by atoms with Crippen molar-refractivity contribution in [2.45, 2.75) is 44.8 Å². The zero-order valence-electron chi connectivity index (χ0n) is 17.7. The van der Waals surface area contributed by atoms with Gasteiger partial charge in [-0.3, -0.25) is 14.5 Å². The van der Waals surface area contributed by atoms with Gasteiger partial charge in [-0.15, -0.1) is 0 Å². The number of benzene rings is 1. The van der Waals surface area contributed by atoms with Gasteiger partial charge in [0.05, 0.1) is 11.3 Å². The summed E-state index contributed by atoms with van der Waals surface area (Å²) >= 11 is 0. The third kappa shape index (κ3) is 5.55. The number of pyridine rings is 1. The molecule has 162 valence electrons. The topological polar surface area (TPSA) is 63.1 Å². The Balaban J connectivity index is 1.25. The van der Waals surface area contributed by atoms with E-state index in [4.69, 9.17) is 0 Å². The molecule has 31 heavy (non-hydrogen) atoms. The Morgan fingerprint density at radius 1 is 1.23 bits per heavy atom. The Hall–Kier alpha value is -3.06. The number of piperidine rings is 1. The highest BCUT2D eigenvalue weighted by atomic mass is 19.1. The third-order valence-corrected chi connectivity index (χ3v) is 5.97. The molecule has 6 nitrogen and oxygen atoms in total. The fourth-order valence-corrected chi connectivity index (χ4v) is 4.03. The molecule has 1 aliphatic rings. The Morgan fingerprint density at radius 2 is 2.06 bits per heavy atom. The molecule has 1 fully saturated rings. The zero-order valence-corrected chi connectivity index (χ0v) is 17.7. The van der Waals surface area contributed by atoms with Crippen LogP contribution in [-0.4, -0.2) is 50.7 Å². The van der Waals surface area contributed by atoms with Crippen molar-refractivity contribution in [2.75, 3.05) is 13.1 Å². The lowest BCUT2D eigenvalue weighted by Gasteiger charge is -2.36. The van der Waals surface area contributed by atoms with E-state index in [0.29, 0.717) is 22.9 Å². The van der Waals surface area contributed by atoms with Crippen LogP contribution >= 0.6 is 0 Å². The molecular weight excluding hydrogens is 393 g/mol. The molecular formula is C24H28FN5O. The number of aromatic nitrogens is 3. The number of hydrogen-bond acceptors (Lipinski definition) is 4. The average molecular weight is 422 g/mol. The van der Waals surface area contributed by atoms with Gasteiger partial charge < -0.3 is 10.2 Å². The van der Waals surface area contributed by atoms with E-state index >= 15 is 0 Å². The molecule has 1 unspecified atom stereocenters. The van der Waals surface area contributed by atoms with Gasteiger partial charge in [0.15, 0.2) is 0 Å². The SMILES string of the molecule is CC(CCn1cccn1)N1CCC(NC(=O)c2ccc(-c3cccc(F)c3)nc2)CC1. The first kappa shape index (κ1) is 21.2. The molecule has 3 heterocycles. The van der Waals surface area contributed by atoms with E-state index in [1.807, 2.05) is 23.1 Å². The van der Waals surface area contributed by atoms with Crippen LogP contribution in [0.4, 0.5) is 4.39 Å². The normalized spacial score (nSPS) is 16.2. The van der Waals surface area contributed by atoms with Crippen LogP contribution in [0.15, 0.2) is 61.1 Å². The first-order valence-corrected chi connectivity index (χ1v) is 10.8. The van der Waals surface area contributed by atoms with Crippen molar-refractivity contribution in [2.24, 2.45) is 0 Å². The molecule has 4 rings (SSSR count). The maximum Gasteiger partial charge on any atom is 0.253 e. The van der Waals surface area contributed by atoms with E-state index < -0.39 is 0 Å². The number of likely N-dealkylation sites (tertiary alicyclic amines) is 1. The number of amides is 1. The molecule has 0 spiro atoms. The van der Waals surface area contributed by atoms with Gasteiger partial charge >= 0.3 is 0 Å². The second-order valence-electron chi connectivity index (χ2n) is 8.13. The minimum atomic E-state index is -0.303. The lowest BCUT2D eigenvalue weighted by Crippen LogP contribution is -2.47. The van der Waals surface area contributed by atoms with Gasteiger partial charge in [-0.05, 0) is 56.5 Å². The molecule has 0 radical (unpaired) electrons. The summed E-state index contributed by atoms with van der Waals surface area (Å²) in [5, 5.41) is 7.40.